The van der Waals surface area contributed by atoms with Gasteiger partial charge in [-0.05, 0) is 36.2 Å². The van der Waals surface area contributed by atoms with E-state index in [2.05, 4.69) is 15.3 Å². The average Bonchev–Trinajstić information content (AvgIpc) is 3.12. The van der Waals surface area contributed by atoms with E-state index in [-0.39, 0.29) is 10.8 Å². The van der Waals surface area contributed by atoms with Gasteiger partial charge in [-0.15, -0.1) is 11.3 Å². The van der Waals surface area contributed by atoms with E-state index in [0.29, 0.717) is 18.7 Å². The molecule has 1 aromatic carbocycles. The van der Waals surface area contributed by atoms with Gasteiger partial charge in [0.25, 0.3) is 5.91 Å². The number of hydrogen-bond donors (Lipinski definition) is 2. The van der Waals surface area contributed by atoms with E-state index in [4.69, 9.17) is 5.14 Å². The quantitative estimate of drug-likeness (QED) is 0.668. The fourth-order valence-corrected chi connectivity index (χ4v) is 3.58. The highest BCUT2D eigenvalue weighted by Crippen LogP contribution is 2.22. The molecule has 0 fully saturated rings. The van der Waals surface area contributed by atoms with Crippen LogP contribution >= 0.6 is 11.3 Å². The number of nitrogens with zero attached hydrogens (tertiary/aromatic N) is 2. The molecule has 0 spiro atoms. The van der Waals surface area contributed by atoms with Crippen molar-refractivity contribution >= 4 is 27.3 Å². The predicted molar refractivity (Wildman–Crippen MR) is 99.2 cm³/mol. The number of sulfonamides is 1. The van der Waals surface area contributed by atoms with Gasteiger partial charge in [-0.3, -0.25) is 9.78 Å². The molecule has 3 aromatic rings. The molecule has 0 saturated carbocycles. The van der Waals surface area contributed by atoms with Crippen molar-refractivity contribution < 1.29 is 13.2 Å². The van der Waals surface area contributed by atoms with Crippen LogP contribution in [-0.4, -0.2) is 30.8 Å². The zero-order valence-electron chi connectivity index (χ0n) is 13.6. The minimum absolute atomic E-state index is 0.0661. The second kappa shape index (κ2) is 7.73. The number of nitrogens with two attached hydrogens (primary N) is 1. The average molecular weight is 388 g/mol. The Kier molecular flexibility index (Phi) is 5.40. The van der Waals surface area contributed by atoms with E-state index in [0.717, 1.165) is 16.1 Å². The zero-order valence-corrected chi connectivity index (χ0v) is 15.3. The lowest BCUT2D eigenvalue weighted by Gasteiger charge is -2.05. The Hall–Kier alpha value is -2.62. The topological polar surface area (TPSA) is 115 Å². The number of thiazole rings is 1. The molecule has 0 bridgehead atoms. The van der Waals surface area contributed by atoms with Crippen LogP contribution in [0.15, 0.2) is 59.1 Å². The van der Waals surface area contributed by atoms with Crippen LogP contribution < -0.4 is 10.5 Å². The van der Waals surface area contributed by atoms with Gasteiger partial charge in [0.2, 0.25) is 10.0 Å². The highest BCUT2D eigenvalue weighted by molar-refractivity contribution is 7.89. The van der Waals surface area contributed by atoms with Crippen LogP contribution in [0, 0.1) is 0 Å². The van der Waals surface area contributed by atoms with Crippen molar-refractivity contribution in [1.82, 2.24) is 15.3 Å². The molecule has 7 nitrogen and oxygen atoms in total. The predicted octanol–water partition coefficient (Wildman–Crippen LogP) is 1.82. The number of pyridine rings is 1. The van der Waals surface area contributed by atoms with Crippen LogP contribution in [0.3, 0.4) is 0 Å². The number of carbonyl (C=O) groups excluding carboxylic acids is 1. The summed E-state index contributed by atoms with van der Waals surface area (Å²) in [5, 5.41) is 10.3. The van der Waals surface area contributed by atoms with Gasteiger partial charge in [0.1, 0.15) is 10.7 Å². The van der Waals surface area contributed by atoms with Gasteiger partial charge in [-0.1, -0.05) is 12.1 Å². The Bertz CT molecular complexity index is 1000. The normalized spacial score (nSPS) is 11.3. The van der Waals surface area contributed by atoms with Crippen molar-refractivity contribution in [3.8, 4) is 10.6 Å². The van der Waals surface area contributed by atoms with Crippen molar-refractivity contribution in [1.29, 1.82) is 0 Å². The monoisotopic (exact) mass is 388 g/mol. The summed E-state index contributed by atoms with van der Waals surface area (Å²) in [6.07, 6.45) is 3.92. The van der Waals surface area contributed by atoms with Gasteiger partial charge in [0.15, 0.2) is 0 Å². The fraction of sp³-hybridized carbons (Fsp3) is 0.118. The highest BCUT2D eigenvalue weighted by atomic mass is 32.2. The van der Waals surface area contributed by atoms with Gasteiger partial charge < -0.3 is 5.32 Å². The molecule has 0 saturated heterocycles. The minimum atomic E-state index is -3.69. The van der Waals surface area contributed by atoms with E-state index < -0.39 is 10.0 Å². The third kappa shape index (κ3) is 4.51. The van der Waals surface area contributed by atoms with Crippen LogP contribution in [0.5, 0.6) is 0 Å². The van der Waals surface area contributed by atoms with Crippen molar-refractivity contribution in [2.75, 3.05) is 6.54 Å². The lowest BCUT2D eigenvalue weighted by Crippen LogP contribution is -2.26. The summed E-state index contributed by atoms with van der Waals surface area (Å²) in [5.74, 6) is -0.247. The summed E-state index contributed by atoms with van der Waals surface area (Å²) in [5.41, 5.74) is 2.18. The second-order valence-corrected chi connectivity index (χ2v) is 7.89. The van der Waals surface area contributed by atoms with Crippen LogP contribution in [0.4, 0.5) is 0 Å². The maximum Gasteiger partial charge on any atom is 0.270 e. The first-order valence-corrected chi connectivity index (χ1v) is 10.1. The van der Waals surface area contributed by atoms with Gasteiger partial charge in [0.05, 0.1) is 4.90 Å². The summed E-state index contributed by atoms with van der Waals surface area (Å²) in [6, 6.07) is 9.94. The Morgan fingerprint density at radius 2 is 1.81 bits per heavy atom. The standard InChI is InChI=1S/C17H16N4O3S2/c18-26(23,24)14-3-1-12(2-4-14)5-10-20-16(22)15-11-25-17(21-15)13-6-8-19-9-7-13/h1-4,6-9,11H,5,10H2,(H,20,22)(H2,18,23,24). The first kappa shape index (κ1) is 18.2. The highest BCUT2D eigenvalue weighted by Gasteiger charge is 2.11. The molecule has 0 atom stereocenters. The van der Waals surface area contributed by atoms with Crippen LogP contribution in [0.25, 0.3) is 10.6 Å². The lowest BCUT2D eigenvalue weighted by atomic mass is 10.1. The summed E-state index contributed by atoms with van der Waals surface area (Å²) in [6.45, 7) is 0.412. The van der Waals surface area contributed by atoms with E-state index in [1.165, 1.54) is 23.5 Å². The zero-order chi connectivity index (χ0) is 18.6. The van der Waals surface area contributed by atoms with Crippen molar-refractivity contribution in [2.24, 2.45) is 5.14 Å². The van der Waals surface area contributed by atoms with Gasteiger partial charge in [-0.2, -0.15) is 0 Å². The minimum Gasteiger partial charge on any atom is -0.350 e. The van der Waals surface area contributed by atoms with E-state index in [9.17, 15) is 13.2 Å². The molecule has 0 radical (unpaired) electrons. The molecule has 134 valence electrons. The number of carbonyl (C=O) groups is 1. The molecule has 0 aliphatic heterocycles. The molecule has 2 heterocycles. The molecule has 1 amide bonds. The van der Waals surface area contributed by atoms with E-state index in [1.807, 2.05) is 12.1 Å². The Balaban J connectivity index is 1.55. The Labute approximate surface area is 155 Å². The second-order valence-electron chi connectivity index (χ2n) is 5.47. The molecular weight excluding hydrogens is 372 g/mol. The number of rotatable bonds is 6. The van der Waals surface area contributed by atoms with Crippen molar-refractivity contribution in [2.45, 2.75) is 11.3 Å². The molecule has 0 aliphatic rings. The smallest absolute Gasteiger partial charge is 0.270 e. The number of aromatic nitrogens is 2. The molecular formula is C17H16N4O3S2. The molecule has 26 heavy (non-hydrogen) atoms. The third-order valence-corrected chi connectivity index (χ3v) is 5.44. The molecule has 2 aromatic heterocycles. The van der Waals surface area contributed by atoms with Crippen LogP contribution in [-0.2, 0) is 16.4 Å². The third-order valence-electron chi connectivity index (χ3n) is 3.62. The first-order valence-electron chi connectivity index (χ1n) is 7.69. The molecule has 3 rings (SSSR count). The maximum atomic E-state index is 12.2. The van der Waals surface area contributed by atoms with Gasteiger partial charge in [-0.25, -0.2) is 18.5 Å². The SMILES string of the molecule is NS(=O)(=O)c1ccc(CCNC(=O)c2csc(-c3ccncc3)n2)cc1. The summed E-state index contributed by atoms with van der Waals surface area (Å²) in [7, 11) is -3.69. The van der Waals surface area contributed by atoms with Crippen LogP contribution in [0.1, 0.15) is 16.1 Å². The molecule has 0 aliphatic carbocycles. The van der Waals surface area contributed by atoms with Crippen molar-refractivity contribution in [3.63, 3.8) is 0 Å². The fourth-order valence-electron chi connectivity index (χ4n) is 2.26. The number of primary sulfonamides is 1. The number of benzene rings is 1. The van der Waals surface area contributed by atoms with Crippen LogP contribution in [0.2, 0.25) is 0 Å². The summed E-state index contributed by atoms with van der Waals surface area (Å²) in [4.78, 5) is 20.6. The number of nitrogens with one attached hydrogen (secondary N) is 1. The molecule has 9 heteroatoms. The van der Waals surface area contributed by atoms with Gasteiger partial charge in [0, 0.05) is 29.9 Å². The summed E-state index contributed by atoms with van der Waals surface area (Å²) < 4.78 is 22.4. The van der Waals surface area contributed by atoms with E-state index >= 15 is 0 Å². The van der Waals surface area contributed by atoms with Gasteiger partial charge >= 0.3 is 0 Å². The number of amides is 1. The molecule has 0 unspecified atom stereocenters. The number of hydrogen-bond acceptors (Lipinski definition) is 6. The first-order chi connectivity index (χ1) is 12.4. The van der Waals surface area contributed by atoms with E-state index in [1.54, 1.807) is 29.9 Å². The van der Waals surface area contributed by atoms with Crippen molar-refractivity contribution in [3.05, 3.63) is 65.4 Å². The Morgan fingerprint density at radius 1 is 1.12 bits per heavy atom. The largest absolute Gasteiger partial charge is 0.350 e. The molecule has 3 N–H and O–H groups in total. The Morgan fingerprint density at radius 3 is 2.46 bits per heavy atom. The lowest BCUT2D eigenvalue weighted by molar-refractivity contribution is 0.0950. The maximum absolute atomic E-state index is 12.2. The summed E-state index contributed by atoms with van der Waals surface area (Å²) >= 11 is 1.40.